The van der Waals surface area contributed by atoms with Gasteiger partial charge in [-0.1, -0.05) is 48.2 Å². The van der Waals surface area contributed by atoms with Crippen molar-refractivity contribution < 1.29 is 4.79 Å². The number of H-pyrrole nitrogens is 1. The molecule has 2 aromatic carbocycles. The minimum absolute atomic E-state index is 0.130. The number of hydrogen-bond acceptors (Lipinski definition) is 4. The molecule has 0 saturated heterocycles. The number of aromatic amines is 1. The minimum Gasteiger partial charge on any atom is -0.358 e. The van der Waals surface area contributed by atoms with E-state index in [-0.39, 0.29) is 5.91 Å². The van der Waals surface area contributed by atoms with E-state index in [0.717, 1.165) is 34.9 Å². The Balaban J connectivity index is 1.30. The molecule has 4 aromatic rings. The highest BCUT2D eigenvalue weighted by atomic mass is 32.2. The Morgan fingerprint density at radius 2 is 2.00 bits per heavy atom. The molecule has 0 atom stereocenters. The number of para-hydroxylation sites is 2. The summed E-state index contributed by atoms with van der Waals surface area (Å²) in [6.07, 6.45) is 2.56. The molecule has 3 heterocycles. The van der Waals surface area contributed by atoms with Crippen molar-refractivity contribution >= 4 is 28.6 Å². The van der Waals surface area contributed by atoms with Crippen molar-refractivity contribution in [2.45, 2.75) is 25.0 Å². The average Bonchev–Trinajstić information content (AvgIpc) is 3.36. The summed E-state index contributed by atoms with van der Waals surface area (Å²) in [5, 5.41) is 10.2. The third-order valence-corrected chi connectivity index (χ3v) is 6.38. The second-order valence-electron chi connectivity index (χ2n) is 7.25. The van der Waals surface area contributed by atoms with E-state index in [0.29, 0.717) is 12.3 Å². The van der Waals surface area contributed by atoms with E-state index in [1.807, 2.05) is 39.8 Å². The molecule has 5 rings (SSSR count). The van der Waals surface area contributed by atoms with Crippen molar-refractivity contribution in [3.8, 4) is 5.69 Å². The maximum atomic E-state index is 12.9. The number of aromatic nitrogens is 4. The SMILES string of the molecule is Cc1ccccc1-n1cnnc1SCC(=O)N1CCc2[nH]c3ccccc3c2C1. The minimum atomic E-state index is 0.130. The van der Waals surface area contributed by atoms with Gasteiger partial charge in [-0.15, -0.1) is 10.2 Å². The third-order valence-electron chi connectivity index (χ3n) is 5.45. The Bertz CT molecular complexity index is 1190. The van der Waals surface area contributed by atoms with Gasteiger partial charge in [0.1, 0.15) is 6.33 Å². The van der Waals surface area contributed by atoms with Gasteiger partial charge in [-0.25, -0.2) is 0 Å². The molecule has 6 nitrogen and oxygen atoms in total. The molecular formula is C22H21N5OS. The quantitative estimate of drug-likeness (QED) is 0.527. The average molecular weight is 404 g/mol. The fourth-order valence-corrected chi connectivity index (χ4v) is 4.74. The summed E-state index contributed by atoms with van der Waals surface area (Å²) in [5.74, 6) is 0.479. The van der Waals surface area contributed by atoms with E-state index < -0.39 is 0 Å². The van der Waals surface area contributed by atoms with Crippen molar-refractivity contribution in [1.82, 2.24) is 24.6 Å². The Hall–Kier alpha value is -3.06. The number of nitrogens with zero attached hydrogens (tertiary/aromatic N) is 4. The smallest absolute Gasteiger partial charge is 0.233 e. The Morgan fingerprint density at radius 1 is 1.17 bits per heavy atom. The summed E-state index contributed by atoms with van der Waals surface area (Å²) in [5.41, 5.74) is 5.82. The second kappa shape index (κ2) is 7.40. The van der Waals surface area contributed by atoms with Crippen LogP contribution in [0.1, 0.15) is 16.8 Å². The van der Waals surface area contributed by atoms with Crippen LogP contribution in [0.4, 0.5) is 0 Å². The van der Waals surface area contributed by atoms with Gasteiger partial charge >= 0.3 is 0 Å². The van der Waals surface area contributed by atoms with E-state index in [9.17, 15) is 4.79 Å². The lowest BCUT2D eigenvalue weighted by molar-refractivity contribution is -0.129. The Kier molecular flexibility index (Phi) is 4.60. The molecule has 1 amide bonds. The monoisotopic (exact) mass is 403 g/mol. The molecule has 7 heteroatoms. The molecule has 0 bridgehead atoms. The van der Waals surface area contributed by atoms with Gasteiger partial charge in [-0.3, -0.25) is 9.36 Å². The number of rotatable bonds is 4. The van der Waals surface area contributed by atoms with Crippen LogP contribution in [0.5, 0.6) is 0 Å². The molecule has 0 aliphatic carbocycles. The summed E-state index contributed by atoms with van der Waals surface area (Å²) >= 11 is 1.44. The molecule has 2 aromatic heterocycles. The van der Waals surface area contributed by atoms with Crippen LogP contribution in [0.25, 0.3) is 16.6 Å². The first-order valence-electron chi connectivity index (χ1n) is 9.66. The summed E-state index contributed by atoms with van der Waals surface area (Å²) in [6.45, 7) is 3.45. The summed E-state index contributed by atoms with van der Waals surface area (Å²) in [4.78, 5) is 18.4. The maximum absolute atomic E-state index is 12.9. The molecule has 0 saturated carbocycles. The first-order chi connectivity index (χ1) is 14.2. The highest BCUT2D eigenvalue weighted by Gasteiger charge is 2.24. The zero-order valence-corrected chi connectivity index (χ0v) is 16.9. The third kappa shape index (κ3) is 3.31. The van der Waals surface area contributed by atoms with Crippen LogP contribution in [-0.4, -0.2) is 42.9 Å². The topological polar surface area (TPSA) is 66.8 Å². The van der Waals surface area contributed by atoms with Crippen LogP contribution >= 0.6 is 11.8 Å². The molecule has 1 aliphatic rings. The van der Waals surface area contributed by atoms with Crippen molar-refractivity contribution in [3.05, 3.63) is 71.7 Å². The van der Waals surface area contributed by atoms with Gasteiger partial charge < -0.3 is 9.88 Å². The van der Waals surface area contributed by atoms with Crippen LogP contribution in [-0.2, 0) is 17.8 Å². The zero-order chi connectivity index (χ0) is 19.8. The summed E-state index contributed by atoms with van der Waals surface area (Å²) in [7, 11) is 0. The van der Waals surface area contributed by atoms with Crippen LogP contribution in [0.3, 0.4) is 0 Å². The molecule has 0 unspecified atom stereocenters. The number of aryl methyl sites for hydroxylation is 1. The molecule has 1 N–H and O–H groups in total. The summed E-state index contributed by atoms with van der Waals surface area (Å²) in [6, 6.07) is 16.4. The Labute approximate surface area is 172 Å². The zero-order valence-electron chi connectivity index (χ0n) is 16.1. The van der Waals surface area contributed by atoms with Gasteiger partial charge in [0.05, 0.1) is 11.4 Å². The van der Waals surface area contributed by atoms with Crippen molar-refractivity contribution in [3.63, 3.8) is 0 Å². The molecule has 0 fully saturated rings. The fraction of sp³-hybridized carbons (Fsp3) is 0.227. The highest BCUT2D eigenvalue weighted by Crippen LogP contribution is 2.28. The lowest BCUT2D eigenvalue weighted by Gasteiger charge is -2.27. The molecular weight excluding hydrogens is 382 g/mol. The Morgan fingerprint density at radius 3 is 2.90 bits per heavy atom. The van der Waals surface area contributed by atoms with Gasteiger partial charge in [-0.05, 0) is 24.6 Å². The lowest BCUT2D eigenvalue weighted by Crippen LogP contribution is -2.36. The summed E-state index contributed by atoms with van der Waals surface area (Å²) < 4.78 is 1.95. The van der Waals surface area contributed by atoms with Gasteiger partial charge in [0, 0.05) is 41.7 Å². The number of fused-ring (bicyclic) bond motifs is 3. The van der Waals surface area contributed by atoms with Gasteiger partial charge in [-0.2, -0.15) is 0 Å². The fourth-order valence-electron chi connectivity index (χ4n) is 3.92. The van der Waals surface area contributed by atoms with Crippen LogP contribution in [0.15, 0.2) is 60.0 Å². The van der Waals surface area contributed by atoms with Gasteiger partial charge in [0.2, 0.25) is 5.91 Å². The largest absolute Gasteiger partial charge is 0.358 e. The van der Waals surface area contributed by atoms with Crippen molar-refractivity contribution in [2.24, 2.45) is 0 Å². The first-order valence-corrected chi connectivity index (χ1v) is 10.6. The van der Waals surface area contributed by atoms with E-state index in [4.69, 9.17) is 0 Å². The number of carbonyl (C=O) groups is 1. The normalized spacial score (nSPS) is 13.6. The standard InChI is InChI=1S/C22H21N5OS/c1-15-6-2-5-9-20(15)27-14-23-25-22(27)29-13-21(28)26-11-10-19-17(12-26)16-7-3-4-8-18(16)24-19/h2-9,14,24H,10-13H2,1H3. The number of carbonyl (C=O) groups excluding carboxylic acids is 1. The van der Waals surface area contributed by atoms with Crippen LogP contribution in [0.2, 0.25) is 0 Å². The van der Waals surface area contributed by atoms with E-state index >= 15 is 0 Å². The molecule has 0 spiro atoms. The van der Waals surface area contributed by atoms with E-state index in [2.05, 4.69) is 40.3 Å². The predicted octanol–water partition coefficient (Wildman–Crippen LogP) is 3.73. The number of nitrogens with one attached hydrogen (secondary N) is 1. The molecule has 1 aliphatic heterocycles. The predicted molar refractivity (Wildman–Crippen MR) is 114 cm³/mol. The van der Waals surface area contributed by atoms with Crippen molar-refractivity contribution in [2.75, 3.05) is 12.3 Å². The van der Waals surface area contributed by atoms with Crippen molar-refractivity contribution in [1.29, 1.82) is 0 Å². The lowest BCUT2D eigenvalue weighted by atomic mass is 10.0. The van der Waals surface area contributed by atoms with Crippen LogP contribution < -0.4 is 0 Å². The second-order valence-corrected chi connectivity index (χ2v) is 8.19. The number of hydrogen-bond donors (Lipinski definition) is 1. The number of benzene rings is 2. The van der Waals surface area contributed by atoms with Gasteiger partial charge in [0.15, 0.2) is 5.16 Å². The van der Waals surface area contributed by atoms with Crippen LogP contribution in [0, 0.1) is 6.92 Å². The maximum Gasteiger partial charge on any atom is 0.233 e. The first kappa shape index (κ1) is 18.0. The molecule has 0 radical (unpaired) electrons. The van der Waals surface area contributed by atoms with E-state index in [1.54, 1.807) is 6.33 Å². The number of thioether (sulfide) groups is 1. The molecule has 146 valence electrons. The number of amides is 1. The van der Waals surface area contributed by atoms with Gasteiger partial charge in [0.25, 0.3) is 0 Å². The highest BCUT2D eigenvalue weighted by molar-refractivity contribution is 7.99. The van der Waals surface area contributed by atoms with E-state index in [1.165, 1.54) is 28.4 Å². The molecule has 29 heavy (non-hydrogen) atoms.